The number of hydrogen-bond acceptors (Lipinski definition) is 3. The average Bonchev–Trinajstić information content (AvgIpc) is 2.52. The van der Waals surface area contributed by atoms with Gasteiger partial charge in [-0.15, -0.1) is 0 Å². The van der Waals surface area contributed by atoms with Crippen LogP contribution in [0, 0.1) is 5.92 Å². The van der Waals surface area contributed by atoms with E-state index in [1.165, 1.54) is 12.8 Å². The molecule has 0 bridgehead atoms. The summed E-state index contributed by atoms with van der Waals surface area (Å²) in [7, 11) is 4.26. The molecule has 0 spiro atoms. The summed E-state index contributed by atoms with van der Waals surface area (Å²) in [5, 5.41) is 3.66. The summed E-state index contributed by atoms with van der Waals surface area (Å²) in [5.74, 6) is 0.659. The van der Waals surface area contributed by atoms with Crippen LogP contribution in [0.15, 0.2) is 0 Å². The summed E-state index contributed by atoms with van der Waals surface area (Å²) >= 11 is 0. The van der Waals surface area contributed by atoms with E-state index in [-0.39, 0.29) is 5.60 Å². The second-order valence-electron chi connectivity index (χ2n) is 6.56. The van der Waals surface area contributed by atoms with Crippen LogP contribution in [0.2, 0.25) is 0 Å². The van der Waals surface area contributed by atoms with Crippen molar-refractivity contribution < 1.29 is 4.74 Å². The summed E-state index contributed by atoms with van der Waals surface area (Å²) in [4.78, 5) is 2.25. The minimum atomic E-state index is 0.0845. The van der Waals surface area contributed by atoms with E-state index < -0.39 is 0 Å². The molecule has 1 aliphatic rings. The first-order chi connectivity index (χ1) is 7.80. The third-order valence-corrected chi connectivity index (χ3v) is 3.53. The highest BCUT2D eigenvalue weighted by Crippen LogP contribution is 2.28. The zero-order chi connectivity index (χ0) is 13.1. The topological polar surface area (TPSA) is 24.5 Å². The molecule has 0 aromatic rings. The molecular weight excluding hydrogens is 212 g/mol. The highest BCUT2D eigenvalue weighted by atomic mass is 16.5. The van der Waals surface area contributed by atoms with E-state index in [0.29, 0.717) is 18.1 Å². The van der Waals surface area contributed by atoms with E-state index >= 15 is 0 Å². The highest BCUT2D eigenvalue weighted by Gasteiger charge is 2.31. The van der Waals surface area contributed by atoms with Gasteiger partial charge in [0, 0.05) is 19.1 Å². The van der Waals surface area contributed by atoms with Gasteiger partial charge in [-0.05, 0) is 46.7 Å². The van der Waals surface area contributed by atoms with Crippen molar-refractivity contribution in [2.75, 3.05) is 27.2 Å². The second kappa shape index (κ2) is 6.17. The van der Waals surface area contributed by atoms with Gasteiger partial charge < -0.3 is 15.0 Å². The Kier molecular flexibility index (Phi) is 5.42. The Morgan fingerprint density at radius 2 is 2.00 bits per heavy atom. The van der Waals surface area contributed by atoms with Gasteiger partial charge >= 0.3 is 0 Å². The zero-order valence-corrected chi connectivity index (χ0v) is 12.4. The van der Waals surface area contributed by atoms with Crippen molar-refractivity contribution in [1.82, 2.24) is 10.2 Å². The van der Waals surface area contributed by atoms with Gasteiger partial charge in [0.15, 0.2) is 0 Å². The number of ether oxygens (including phenoxy) is 1. The molecule has 17 heavy (non-hydrogen) atoms. The average molecular weight is 242 g/mol. The lowest BCUT2D eigenvalue weighted by atomic mass is 10.0. The van der Waals surface area contributed by atoms with Gasteiger partial charge in [-0.2, -0.15) is 0 Å². The van der Waals surface area contributed by atoms with Gasteiger partial charge in [-0.25, -0.2) is 0 Å². The Hall–Kier alpha value is -0.120. The van der Waals surface area contributed by atoms with Gasteiger partial charge in [-0.1, -0.05) is 13.8 Å². The molecule has 3 nitrogen and oxygen atoms in total. The van der Waals surface area contributed by atoms with Gasteiger partial charge in [0.2, 0.25) is 0 Å². The zero-order valence-electron chi connectivity index (χ0n) is 12.4. The first-order valence-electron chi connectivity index (χ1n) is 6.86. The van der Waals surface area contributed by atoms with Crippen molar-refractivity contribution in [3.05, 3.63) is 0 Å². The minimum Gasteiger partial charge on any atom is -0.371 e. The highest BCUT2D eigenvalue weighted by molar-refractivity contribution is 4.83. The SMILES string of the molecule is CC(C)C(CN(C)C)NCC1CCC(C)(C)O1. The molecule has 0 radical (unpaired) electrons. The third-order valence-electron chi connectivity index (χ3n) is 3.53. The molecule has 0 amide bonds. The number of likely N-dealkylation sites (N-methyl/N-ethyl adjacent to an activating group) is 1. The van der Waals surface area contributed by atoms with Crippen LogP contribution in [0.5, 0.6) is 0 Å². The summed E-state index contributed by atoms with van der Waals surface area (Å²) in [6.45, 7) is 11.0. The molecule has 0 aromatic carbocycles. The van der Waals surface area contributed by atoms with E-state index in [1.807, 2.05) is 0 Å². The number of nitrogens with zero attached hydrogens (tertiary/aromatic N) is 1. The summed E-state index contributed by atoms with van der Waals surface area (Å²) in [6, 6.07) is 0.553. The molecule has 1 heterocycles. The van der Waals surface area contributed by atoms with Crippen molar-refractivity contribution in [3.63, 3.8) is 0 Å². The summed E-state index contributed by atoms with van der Waals surface area (Å²) < 4.78 is 6.01. The number of hydrogen-bond donors (Lipinski definition) is 1. The van der Waals surface area contributed by atoms with Crippen LogP contribution < -0.4 is 5.32 Å². The molecule has 0 saturated carbocycles. The maximum Gasteiger partial charge on any atom is 0.0707 e. The monoisotopic (exact) mass is 242 g/mol. The smallest absolute Gasteiger partial charge is 0.0707 e. The van der Waals surface area contributed by atoms with E-state index in [0.717, 1.165) is 13.1 Å². The molecular formula is C14H30N2O. The van der Waals surface area contributed by atoms with E-state index in [9.17, 15) is 0 Å². The van der Waals surface area contributed by atoms with Crippen molar-refractivity contribution in [2.45, 2.75) is 58.3 Å². The first kappa shape index (κ1) is 14.9. The molecule has 0 aliphatic carbocycles. The van der Waals surface area contributed by atoms with Gasteiger partial charge in [0.25, 0.3) is 0 Å². The second-order valence-corrected chi connectivity index (χ2v) is 6.56. The molecule has 1 saturated heterocycles. The lowest BCUT2D eigenvalue weighted by Crippen LogP contribution is -2.45. The van der Waals surface area contributed by atoms with Gasteiger partial charge in [-0.3, -0.25) is 0 Å². The van der Waals surface area contributed by atoms with Crippen LogP contribution in [0.4, 0.5) is 0 Å². The van der Waals surface area contributed by atoms with E-state index in [2.05, 4.69) is 52.0 Å². The van der Waals surface area contributed by atoms with Crippen molar-refractivity contribution >= 4 is 0 Å². The standard InChI is InChI=1S/C14H30N2O/c1-11(2)13(10-16(5)6)15-9-12-7-8-14(3,4)17-12/h11-13,15H,7-10H2,1-6H3. The first-order valence-corrected chi connectivity index (χ1v) is 6.86. The third kappa shape index (κ3) is 5.36. The molecule has 0 aromatic heterocycles. The van der Waals surface area contributed by atoms with Crippen LogP contribution in [0.3, 0.4) is 0 Å². The number of nitrogens with one attached hydrogen (secondary N) is 1. The molecule has 3 heteroatoms. The summed E-state index contributed by atoms with van der Waals surface area (Å²) in [5.41, 5.74) is 0.0845. The molecule has 1 aliphatic heterocycles. The van der Waals surface area contributed by atoms with Crippen LogP contribution in [-0.2, 0) is 4.74 Å². The largest absolute Gasteiger partial charge is 0.371 e. The Balaban J connectivity index is 2.32. The van der Waals surface area contributed by atoms with E-state index in [1.54, 1.807) is 0 Å². The quantitative estimate of drug-likeness (QED) is 0.772. The molecule has 102 valence electrons. The van der Waals surface area contributed by atoms with Gasteiger partial charge in [0.05, 0.1) is 11.7 Å². The molecule has 1 rings (SSSR count). The Labute approximate surface area is 107 Å². The predicted molar refractivity (Wildman–Crippen MR) is 73.4 cm³/mol. The Bertz CT molecular complexity index is 226. The van der Waals surface area contributed by atoms with E-state index in [4.69, 9.17) is 4.74 Å². The van der Waals surface area contributed by atoms with Crippen molar-refractivity contribution in [3.8, 4) is 0 Å². The Morgan fingerprint density at radius 3 is 2.41 bits per heavy atom. The molecule has 1 fully saturated rings. The predicted octanol–water partition coefficient (Wildman–Crippen LogP) is 2.12. The van der Waals surface area contributed by atoms with Crippen LogP contribution in [0.25, 0.3) is 0 Å². The minimum absolute atomic E-state index is 0.0845. The van der Waals surface area contributed by atoms with Crippen molar-refractivity contribution in [2.24, 2.45) is 5.92 Å². The van der Waals surface area contributed by atoms with Crippen LogP contribution in [-0.4, -0.2) is 49.8 Å². The van der Waals surface area contributed by atoms with Crippen LogP contribution in [0.1, 0.15) is 40.5 Å². The fourth-order valence-corrected chi connectivity index (χ4v) is 2.41. The lowest BCUT2D eigenvalue weighted by Gasteiger charge is -2.27. The number of rotatable bonds is 6. The molecule has 1 N–H and O–H groups in total. The Morgan fingerprint density at radius 1 is 1.35 bits per heavy atom. The normalized spacial score (nSPS) is 25.8. The maximum absolute atomic E-state index is 6.01. The van der Waals surface area contributed by atoms with Gasteiger partial charge in [0.1, 0.15) is 0 Å². The molecule has 2 unspecified atom stereocenters. The maximum atomic E-state index is 6.01. The van der Waals surface area contributed by atoms with Crippen LogP contribution >= 0.6 is 0 Å². The fourth-order valence-electron chi connectivity index (χ4n) is 2.41. The van der Waals surface area contributed by atoms with Crippen molar-refractivity contribution in [1.29, 1.82) is 0 Å². The fraction of sp³-hybridized carbons (Fsp3) is 1.00. The molecule has 2 atom stereocenters. The summed E-state index contributed by atoms with van der Waals surface area (Å²) in [6.07, 6.45) is 2.76. The lowest BCUT2D eigenvalue weighted by molar-refractivity contribution is -0.0159.